The maximum Gasteiger partial charge on any atom is 0.0767 e. The van der Waals surface area contributed by atoms with Crippen LogP contribution in [0.15, 0.2) is 4.47 Å². The molecule has 120 valence electrons. The van der Waals surface area contributed by atoms with Crippen LogP contribution in [-0.4, -0.2) is 39.9 Å². The Hall–Kier alpha value is -0.390. The Bertz CT molecular complexity index is 471. The number of piperazine rings is 1. The summed E-state index contributed by atoms with van der Waals surface area (Å²) in [6.45, 7) is 12.3. The van der Waals surface area contributed by atoms with Gasteiger partial charge in [-0.1, -0.05) is 27.2 Å². The van der Waals surface area contributed by atoms with Crippen LogP contribution in [0.5, 0.6) is 0 Å². The van der Waals surface area contributed by atoms with Gasteiger partial charge in [0, 0.05) is 38.8 Å². The Morgan fingerprint density at radius 3 is 2.71 bits per heavy atom. The minimum absolute atomic E-state index is 0.558. The average Bonchev–Trinajstić information content (AvgIpc) is 2.74. The van der Waals surface area contributed by atoms with E-state index in [0.29, 0.717) is 18.0 Å². The zero-order chi connectivity index (χ0) is 15.6. The lowest BCUT2D eigenvalue weighted by Crippen LogP contribution is -2.57. The molecule has 0 saturated carbocycles. The highest BCUT2D eigenvalue weighted by Crippen LogP contribution is 2.26. The van der Waals surface area contributed by atoms with Crippen molar-refractivity contribution >= 4 is 15.9 Å². The third kappa shape index (κ3) is 3.69. The zero-order valence-corrected chi connectivity index (χ0v) is 15.6. The Kier molecular flexibility index (Phi) is 5.86. The normalized spacial score (nSPS) is 25.2. The van der Waals surface area contributed by atoms with Crippen molar-refractivity contribution in [2.45, 2.75) is 59.2 Å². The number of halogens is 1. The Morgan fingerprint density at radius 1 is 1.43 bits per heavy atom. The fraction of sp³-hybridized carbons (Fsp3) is 0.812. The largest absolute Gasteiger partial charge is 0.311 e. The summed E-state index contributed by atoms with van der Waals surface area (Å²) in [4.78, 5) is 2.64. The van der Waals surface area contributed by atoms with Gasteiger partial charge < -0.3 is 5.32 Å². The monoisotopic (exact) mass is 356 g/mol. The summed E-state index contributed by atoms with van der Waals surface area (Å²) in [7, 11) is 2.06. The number of aromatic nitrogens is 2. The molecule has 2 rings (SSSR count). The number of nitrogens with zero attached hydrogens (tertiary/aromatic N) is 3. The van der Waals surface area contributed by atoms with E-state index in [2.05, 4.69) is 66.0 Å². The van der Waals surface area contributed by atoms with Crippen molar-refractivity contribution in [3.63, 3.8) is 0 Å². The Labute approximate surface area is 137 Å². The van der Waals surface area contributed by atoms with Crippen LogP contribution in [0, 0.1) is 5.92 Å². The van der Waals surface area contributed by atoms with Gasteiger partial charge in [0.15, 0.2) is 0 Å². The van der Waals surface area contributed by atoms with Gasteiger partial charge in [-0.2, -0.15) is 5.10 Å². The van der Waals surface area contributed by atoms with Gasteiger partial charge >= 0.3 is 0 Å². The molecular weight excluding hydrogens is 328 g/mol. The summed E-state index contributed by atoms with van der Waals surface area (Å²) in [6.07, 6.45) is 2.20. The molecular formula is C16H29BrN4. The lowest BCUT2D eigenvalue weighted by molar-refractivity contribution is 0.0859. The first-order valence-electron chi connectivity index (χ1n) is 8.15. The highest BCUT2D eigenvalue weighted by Gasteiger charge is 2.30. The van der Waals surface area contributed by atoms with E-state index in [4.69, 9.17) is 0 Å². The number of hydrogen-bond donors (Lipinski definition) is 1. The van der Waals surface area contributed by atoms with Gasteiger partial charge in [0.25, 0.3) is 0 Å². The highest BCUT2D eigenvalue weighted by atomic mass is 79.9. The van der Waals surface area contributed by atoms with E-state index < -0.39 is 0 Å². The molecule has 3 atom stereocenters. The molecule has 0 bridgehead atoms. The van der Waals surface area contributed by atoms with Crippen molar-refractivity contribution < 1.29 is 0 Å². The Balaban J connectivity index is 2.20. The molecule has 1 aliphatic rings. The fourth-order valence-electron chi connectivity index (χ4n) is 3.20. The lowest BCUT2D eigenvalue weighted by atomic mass is 9.94. The van der Waals surface area contributed by atoms with E-state index >= 15 is 0 Å². The molecule has 1 aliphatic heterocycles. The average molecular weight is 357 g/mol. The number of rotatable bonds is 5. The number of nitrogens with one attached hydrogen (secondary N) is 1. The second-order valence-corrected chi connectivity index (χ2v) is 7.17. The summed E-state index contributed by atoms with van der Waals surface area (Å²) >= 11 is 3.75. The van der Waals surface area contributed by atoms with Gasteiger partial charge in [0.05, 0.1) is 15.9 Å². The quantitative estimate of drug-likeness (QED) is 0.880. The maximum absolute atomic E-state index is 4.63. The molecule has 2 heterocycles. The van der Waals surface area contributed by atoms with E-state index in [9.17, 15) is 0 Å². The van der Waals surface area contributed by atoms with Gasteiger partial charge in [-0.15, -0.1) is 0 Å². The molecule has 1 N–H and O–H groups in total. The van der Waals surface area contributed by atoms with E-state index in [1.165, 1.54) is 16.6 Å². The van der Waals surface area contributed by atoms with Gasteiger partial charge in [-0.3, -0.25) is 9.58 Å². The first-order chi connectivity index (χ1) is 9.97. The third-order valence-corrected chi connectivity index (χ3v) is 5.72. The fourth-order valence-corrected chi connectivity index (χ4v) is 3.94. The van der Waals surface area contributed by atoms with Crippen LogP contribution in [0.2, 0.25) is 0 Å². The molecule has 5 heteroatoms. The van der Waals surface area contributed by atoms with Crippen molar-refractivity contribution in [3.8, 4) is 0 Å². The smallest absolute Gasteiger partial charge is 0.0767 e. The molecule has 3 unspecified atom stereocenters. The minimum Gasteiger partial charge on any atom is -0.311 e. The zero-order valence-electron chi connectivity index (χ0n) is 14.0. The lowest BCUT2D eigenvalue weighted by Gasteiger charge is -2.42. The minimum atomic E-state index is 0.558. The summed E-state index contributed by atoms with van der Waals surface area (Å²) in [6, 6.07) is 1.17. The second-order valence-electron chi connectivity index (χ2n) is 6.38. The molecule has 1 aromatic rings. The van der Waals surface area contributed by atoms with Crippen LogP contribution in [-0.2, 0) is 20.0 Å². The summed E-state index contributed by atoms with van der Waals surface area (Å²) < 4.78 is 3.24. The van der Waals surface area contributed by atoms with E-state index in [0.717, 1.165) is 31.7 Å². The molecule has 0 aliphatic carbocycles. The molecule has 1 aromatic heterocycles. The van der Waals surface area contributed by atoms with Crippen LogP contribution in [0.4, 0.5) is 0 Å². The molecule has 1 saturated heterocycles. The number of hydrogen-bond acceptors (Lipinski definition) is 3. The van der Waals surface area contributed by atoms with Gasteiger partial charge in [0.2, 0.25) is 0 Å². The maximum atomic E-state index is 4.63. The molecule has 0 aromatic carbocycles. The van der Waals surface area contributed by atoms with Gasteiger partial charge in [0.1, 0.15) is 0 Å². The molecule has 0 radical (unpaired) electrons. The van der Waals surface area contributed by atoms with Crippen LogP contribution < -0.4 is 5.32 Å². The first-order valence-corrected chi connectivity index (χ1v) is 8.94. The highest BCUT2D eigenvalue weighted by molar-refractivity contribution is 9.10. The third-order valence-electron chi connectivity index (χ3n) is 4.81. The molecule has 1 fully saturated rings. The van der Waals surface area contributed by atoms with Crippen molar-refractivity contribution in [2.75, 3.05) is 13.1 Å². The summed E-state index contributed by atoms with van der Waals surface area (Å²) in [5, 5.41) is 8.26. The summed E-state index contributed by atoms with van der Waals surface area (Å²) in [5.74, 6) is 0.711. The topological polar surface area (TPSA) is 33.1 Å². The molecule has 0 spiro atoms. The van der Waals surface area contributed by atoms with Crippen molar-refractivity contribution in [2.24, 2.45) is 13.0 Å². The van der Waals surface area contributed by atoms with Gasteiger partial charge in [-0.05, 0) is 35.2 Å². The van der Waals surface area contributed by atoms with Crippen molar-refractivity contribution in [3.05, 3.63) is 15.9 Å². The standard InChI is InChI=1S/C16H29BrN4/c1-6-11(3)14-8-18-12(4)9-21(14)10-15-16(17)13(7-2)19-20(15)5/h11-12,14,18H,6-10H2,1-5H3. The van der Waals surface area contributed by atoms with E-state index in [1.54, 1.807) is 0 Å². The number of aryl methyl sites for hydroxylation is 2. The van der Waals surface area contributed by atoms with Gasteiger partial charge in [-0.25, -0.2) is 0 Å². The molecule has 0 amide bonds. The SMILES string of the molecule is CCc1nn(C)c(CN2CC(C)NCC2C(C)CC)c1Br. The van der Waals surface area contributed by atoms with Crippen LogP contribution in [0.3, 0.4) is 0 Å². The van der Waals surface area contributed by atoms with Crippen LogP contribution in [0.25, 0.3) is 0 Å². The second kappa shape index (κ2) is 7.25. The molecule has 4 nitrogen and oxygen atoms in total. The van der Waals surface area contributed by atoms with E-state index in [-0.39, 0.29) is 0 Å². The summed E-state index contributed by atoms with van der Waals surface area (Å²) in [5.41, 5.74) is 2.46. The van der Waals surface area contributed by atoms with E-state index in [1.807, 2.05) is 4.68 Å². The predicted molar refractivity (Wildman–Crippen MR) is 91.4 cm³/mol. The van der Waals surface area contributed by atoms with Crippen LogP contribution >= 0.6 is 15.9 Å². The van der Waals surface area contributed by atoms with Crippen molar-refractivity contribution in [1.29, 1.82) is 0 Å². The first kappa shape index (κ1) is 17.0. The van der Waals surface area contributed by atoms with Crippen molar-refractivity contribution in [1.82, 2.24) is 20.0 Å². The predicted octanol–water partition coefficient (Wildman–Crippen LogP) is 2.95. The molecule has 21 heavy (non-hydrogen) atoms. The van der Waals surface area contributed by atoms with Crippen LogP contribution in [0.1, 0.15) is 45.5 Å². The Morgan fingerprint density at radius 2 is 2.14 bits per heavy atom.